The number of alkyl halides is 2. The number of ketones is 2. The number of benzene rings is 4. The number of hydrogen-bond donors (Lipinski definition) is 0. The van der Waals surface area contributed by atoms with Crippen molar-refractivity contribution >= 4 is 11.6 Å². The molecule has 4 aromatic carbocycles. The highest BCUT2D eigenvalue weighted by Crippen LogP contribution is 2.66. The Hall–Kier alpha value is -4.00. The van der Waals surface area contributed by atoms with Gasteiger partial charge in [0.25, 0.3) is 0 Å². The molecule has 0 radical (unpaired) electrons. The first-order valence-corrected chi connectivity index (χ1v) is 18.3. The first-order chi connectivity index (χ1) is 24.3. The summed E-state index contributed by atoms with van der Waals surface area (Å²) >= 11 is 0. The summed E-state index contributed by atoms with van der Waals surface area (Å²) in [6.07, 6.45) is 0.522. The fraction of sp³-hybridized carbons (Fsp3) is 0.409. The molecule has 0 aromatic heterocycles. The van der Waals surface area contributed by atoms with Crippen LogP contribution in [0.2, 0.25) is 0 Å². The van der Waals surface area contributed by atoms with E-state index in [-0.39, 0.29) is 46.3 Å². The van der Waals surface area contributed by atoms with Crippen molar-refractivity contribution < 1.29 is 18.4 Å². The average Bonchev–Trinajstić information content (AvgIpc) is 4.04. The second-order valence-electron chi connectivity index (χ2n) is 14.9. The van der Waals surface area contributed by atoms with Gasteiger partial charge in [0.05, 0.1) is 12.1 Å². The zero-order valence-electron chi connectivity index (χ0n) is 29.1. The number of carbonyl (C=O) groups excluding carboxylic acids is 2. The normalized spacial score (nSPS) is 30.5. The second-order valence-corrected chi connectivity index (χ2v) is 14.9. The van der Waals surface area contributed by atoms with Crippen molar-refractivity contribution in [3.8, 4) is 0 Å². The summed E-state index contributed by atoms with van der Waals surface area (Å²) in [7, 11) is 0. The van der Waals surface area contributed by atoms with Crippen molar-refractivity contribution in [2.24, 2.45) is 22.7 Å². The number of halogens is 2. The highest BCUT2D eigenvalue weighted by molar-refractivity contribution is 5.96. The van der Waals surface area contributed by atoms with Gasteiger partial charge in [0, 0.05) is 37.0 Å². The summed E-state index contributed by atoms with van der Waals surface area (Å²) in [4.78, 5) is 29.4. The first-order valence-electron chi connectivity index (χ1n) is 18.3. The van der Waals surface area contributed by atoms with Crippen LogP contribution in [-0.4, -0.2) is 45.8 Å². The Kier molecular flexibility index (Phi) is 9.87. The smallest absolute Gasteiger partial charge is 0.174 e. The third-order valence-electron chi connectivity index (χ3n) is 12.2. The van der Waals surface area contributed by atoms with Gasteiger partial charge in [0.2, 0.25) is 0 Å². The zero-order valence-corrected chi connectivity index (χ0v) is 29.1. The van der Waals surface area contributed by atoms with Gasteiger partial charge in [0.1, 0.15) is 0 Å². The van der Waals surface area contributed by atoms with Gasteiger partial charge in [-0.2, -0.15) is 0 Å². The third-order valence-corrected chi connectivity index (χ3v) is 12.2. The monoisotopic (exact) mass is 674 g/mol. The SMILES string of the molecule is CC[C@@]12C[C@@H]1[C@@H](N(Cc1ccccc1)Cc1ccccc1)[C@@H](F)C2=O.CC[C@@]12C[C@@H]1[C@@H](N(Cc1ccccc1)Cc1ccccc1)[C@H](F)C2=O. The van der Waals surface area contributed by atoms with Crippen molar-refractivity contribution in [2.75, 3.05) is 0 Å². The first kappa shape index (κ1) is 34.4. The molecule has 4 aromatic rings. The lowest BCUT2D eigenvalue weighted by atomic mass is 9.99. The molecule has 4 aliphatic rings. The summed E-state index contributed by atoms with van der Waals surface area (Å²) in [5, 5.41) is 0. The van der Waals surface area contributed by atoms with Crippen LogP contribution >= 0.6 is 0 Å². The summed E-state index contributed by atoms with van der Waals surface area (Å²) in [5.41, 5.74) is 3.88. The van der Waals surface area contributed by atoms with E-state index in [0.717, 1.165) is 47.9 Å². The summed E-state index contributed by atoms with van der Waals surface area (Å²) in [5.74, 6) is 0.0343. The molecule has 8 atom stereocenters. The predicted octanol–water partition coefficient (Wildman–Crippen LogP) is 8.79. The molecule has 0 heterocycles. The van der Waals surface area contributed by atoms with Crippen LogP contribution in [0.4, 0.5) is 8.78 Å². The predicted molar refractivity (Wildman–Crippen MR) is 193 cm³/mol. The molecule has 0 unspecified atom stereocenters. The van der Waals surface area contributed by atoms with Crippen LogP contribution in [0.15, 0.2) is 121 Å². The highest BCUT2D eigenvalue weighted by Gasteiger charge is 2.72. The molecule has 0 bridgehead atoms. The number of fused-ring (bicyclic) bond motifs is 2. The molecule has 0 aliphatic heterocycles. The van der Waals surface area contributed by atoms with Gasteiger partial charge in [-0.25, -0.2) is 8.78 Å². The Labute approximate surface area is 295 Å². The number of rotatable bonds is 12. The van der Waals surface area contributed by atoms with Crippen LogP contribution in [0.3, 0.4) is 0 Å². The zero-order chi connectivity index (χ0) is 34.9. The van der Waals surface area contributed by atoms with E-state index in [4.69, 9.17) is 0 Å². The summed E-state index contributed by atoms with van der Waals surface area (Å²) in [6.45, 7) is 6.72. The number of hydrogen-bond acceptors (Lipinski definition) is 4. The minimum atomic E-state index is -1.36. The number of carbonyl (C=O) groups is 2. The molecule has 8 rings (SSSR count). The Balaban J connectivity index is 0.000000157. The number of Topliss-reactive ketones (excluding diaryl/α,β-unsaturated/α-hetero) is 2. The fourth-order valence-corrected chi connectivity index (χ4v) is 9.24. The van der Waals surface area contributed by atoms with E-state index in [1.54, 1.807) is 0 Å². The average molecular weight is 675 g/mol. The number of nitrogens with zero attached hydrogens (tertiary/aromatic N) is 2. The Morgan fingerprint density at radius 2 is 0.760 bits per heavy atom. The molecule has 0 saturated heterocycles. The molecule has 4 nitrogen and oxygen atoms in total. The Morgan fingerprint density at radius 1 is 0.500 bits per heavy atom. The lowest BCUT2D eigenvalue weighted by Gasteiger charge is -2.31. The summed E-state index contributed by atoms with van der Waals surface area (Å²) in [6, 6.07) is 40.0. The molecule has 4 aliphatic carbocycles. The van der Waals surface area contributed by atoms with Crippen LogP contribution in [0.1, 0.15) is 61.8 Å². The molecular formula is C44H48F2N2O2. The molecule has 4 saturated carbocycles. The minimum Gasteiger partial charge on any atom is -0.296 e. The molecule has 50 heavy (non-hydrogen) atoms. The van der Waals surface area contributed by atoms with Gasteiger partial charge in [-0.3, -0.25) is 19.4 Å². The lowest BCUT2D eigenvalue weighted by Crippen LogP contribution is -2.42. The van der Waals surface area contributed by atoms with E-state index in [0.29, 0.717) is 26.2 Å². The van der Waals surface area contributed by atoms with Gasteiger partial charge >= 0.3 is 0 Å². The van der Waals surface area contributed by atoms with E-state index >= 15 is 0 Å². The third kappa shape index (κ3) is 6.49. The molecule has 0 amide bonds. The van der Waals surface area contributed by atoms with Crippen LogP contribution < -0.4 is 0 Å². The molecular weight excluding hydrogens is 626 g/mol. The van der Waals surface area contributed by atoms with E-state index in [9.17, 15) is 18.4 Å². The standard InChI is InChI=1S/2C22H24FNO/c2*1-2-22-13-18(22)20(19(23)21(22)25)24(14-16-9-5-3-6-10-16)15-17-11-7-4-8-12-17/h2*3-12,18-20H,2,13-15H2,1H3/t18-,19+,20-,22-;18-,19-,20-,22-/m11/s1. The molecule has 0 spiro atoms. The van der Waals surface area contributed by atoms with Crippen molar-refractivity contribution in [2.45, 2.75) is 90.1 Å². The highest BCUT2D eigenvalue weighted by atomic mass is 19.1. The van der Waals surface area contributed by atoms with E-state index in [1.165, 1.54) is 0 Å². The minimum absolute atomic E-state index is 0.156. The second kappa shape index (κ2) is 14.3. The van der Waals surface area contributed by atoms with Crippen LogP contribution in [-0.2, 0) is 35.8 Å². The van der Waals surface area contributed by atoms with E-state index < -0.39 is 12.3 Å². The topological polar surface area (TPSA) is 40.6 Å². The van der Waals surface area contributed by atoms with Crippen molar-refractivity contribution in [3.63, 3.8) is 0 Å². The van der Waals surface area contributed by atoms with E-state index in [2.05, 4.69) is 58.3 Å². The van der Waals surface area contributed by atoms with Crippen LogP contribution in [0, 0.1) is 22.7 Å². The Morgan fingerprint density at radius 3 is 0.980 bits per heavy atom. The van der Waals surface area contributed by atoms with Gasteiger partial charge < -0.3 is 0 Å². The fourth-order valence-electron chi connectivity index (χ4n) is 9.24. The molecule has 4 fully saturated rings. The van der Waals surface area contributed by atoms with Gasteiger partial charge in [-0.1, -0.05) is 135 Å². The lowest BCUT2D eigenvalue weighted by molar-refractivity contribution is -0.128. The molecule has 260 valence electrons. The maximum absolute atomic E-state index is 15.0. The quantitative estimate of drug-likeness (QED) is 0.151. The summed E-state index contributed by atoms with van der Waals surface area (Å²) < 4.78 is 29.9. The Bertz CT molecular complexity index is 1540. The molecule has 0 N–H and O–H groups in total. The largest absolute Gasteiger partial charge is 0.296 e. The van der Waals surface area contributed by atoms with E-state index in [1.807, 2.05) is 86.6 Å². The van der Waals surface area contributed by atoms with Crippen molar-refractivity contribution in [1.29, 1.82) is 0 Å². The van der Waals surface area contributed by atoms with Crippen molar-refractivity contribution in [3.05, 3.63) is 144 Å². The molecule has 6 heteroatoms. The van der Waals surface area contributed by atoms with Crippen LogP contribution in [0.25, 0.3) is 0 Å². The van der Waals surface area contributed by atoms with Gasteiger partial charge in [0.15, 0.2) is 23.9 Å². The maximum atomic E-state index is 15.0. The van der Waals surface area contributed by atoms with Crippen LogP contribution in [0.5, 0.6) is 0 Å². The maximum Gasteiger partial charge on any atom is 0.174 e. The van der Waals surface area contributed by atoms with Gasteiger partial charge in [-0.05, 0) is 59.8 Å². The van der Waals surface area contributed by atoms with Gasteiger partial charge in [-0.15, -0.1) is 0 Å². The van der Waals surface area contributed by atoms with Crippen molar-refractivity contribution in [1.82, 2.24) is 9.80 Å².